The van der Waals surface area contributed by atoms with Gasteiger partial charge in [-0.05, 0) is 30.4 Å². The van der Waals surface area contributed by atoms with E-state index >= 15 is 0 Å². The van der Waals surface area contributed by atoms with Crippen LogP contribution in [0.5, 0.6) is 5.75 Å². The van der Waals surface area contributed by atoms with Crippen molar-refractivity contribution in [2.45, 2.75) is 30.8 Å². The maximum absolute atomic E-state index is 11.9. The fourth-order valence-electron chi connectivity index (χ4n) is 2.91. The highest BCUT2D eigenvalue weighted by atomic mass is 16.5. The van der Waals surface area contributed by atoms with Gasteiger partial charge in [-0.15, -0.1) is 0 Å². The zero-order valence-electron chi connectivity index (χ0n) is 13.0. The first-order valence-electron chi connectivity index (χ1n) is 7.15. The minimum Gasteiger partial charge on any atom is -0.496 e. The number of carbonyl (C=O) groups excluding carboxylic acids is 2. The van der Waals surface area contributed by atoms with E-state index in [-0.39, 0.29) is 17.9 Å². The summed E-state index contributed by atoms with van der Waals surface area (Å²) in [5.74, 6) is -0.00534. The number of carbonyl (C=O) groups is 2. The molecule has 1 heterocycles. The van der Waals surface area contributed by atoms with Crippen LogP contribution in [0.15, 0.2) is 24.3 Å². The molecule has 22 heavy (non-hydrogen) atoms. The van der Waals surface area contributed by atoms with Gasteiger partial charge in [0, 0.05) is 0 Å². The molecule has 0 radical (unpaired) electrons. The average molecular weight is 307 g/mol. The van der Waals surface area contributed by atoms with Crippen molar-refractivity contribution >= 4 is 11.9 Å². The second kappa shape index (κ2) is 7.26. The molecule has 1 aromatic rings. The van der Waals surface area contributed by atoms with Gasteiger partial charge in [0.1, 0.15) is 17.8 Å². The van der Waals surface area contributed by atoms with Gasteiger partial charge in [0.05, 0.1) is 21.3 Å². The average Bonchev–Trinajstić information content (AvgIpc) is 2.59. The van der Waals surface area contributed by atoms with Crippen molar-refractivity contribution < 1.29 is 23.8 Å². The van der Waals surface area contributed by atoms with Gasteiger partial charge in [0.25, 0.3) is 0 Å². The molecule has 0 spiro atoms. The Hall–Kier alpha value is -2.08. The van der Waals surface area contributed by atoms with Crippen LogP contribution in [0.2, 0.25) is 0 Å². The molecule has 120 valence electrons. The first kappa shape index (κ1) is 16.3. The number of methoxy groups -OCH3 is 3. The summed E-state index contributed by atoms with van der Waals surface area (Å²) < 4.78 is 15.0. The van der Waals surface area contributed by atoms with Crippen LogP contribution in [-0.2, 0) is 19.1 Å². The zero-order valence-corrected chi connectivity index (χ0v) is 13.0. The van der Waals surface area contributed by atoms with Crippen LogP contribution in [0.25, 0.3) is 0 Å². The normalized spacial score (nSPS) is 24.4. The number of hydrogen-bond acceptors (Lipinski definition) is 6. The molecule has 2 unspecified atom stereocenters. The van der Waals surface area contributed by atoms with Gasteiger partial charge in [-0.1, -0.05) is 18.2 Å². The number of esters is 2. The van der Waals surface area contributed by atoms with Gasteiger partial charge in [-0.2, -0.15) is 0 Å². The van der Waals surface area contributed by atoms with Crippen molar-refractivity contribution in [3.05, 3.63) is 29.8 Å². The number of nitrogens with one attached hydrogen (secondary N) is 1. The van der Waals surface area contributed by atoms with Crippen molar-refractivity contribution in [2.75, 3.05) is 21.3 Å². The molecule has 6 heteroatoms. The largest absolute Gasteiger partial charge is 0.496 e. The van der Waals surface area contributed by atoms with Crippen LogP contribution in [-0.4, -0.2) is 45.4 Å². The SMILES string of the molecule is COC(=O)C1CC(c2ccccc2OC)CC(C(=O)OC)N1. The summed E-state index contributed by atoms with van der Waals surface area (Å²) in [4.78, 5) is 23.8. The molecular formula is C16H21NO5. The minimum absolute atomic E-state index is 0.00519. The number of rotatable bonds is 4. The van der Waals surface area contributed by atoms with E-state index in [1.54, 1.807) is 7.11 Å². The van der Waals surface area contributed by atoms with E-state index in [4.69, 9.17) is 14.2 Å². The number of piperidine rings is 1. The highest BCUT2D eigenvalue weighted by Gasteiger charge is 2.38. The Bertz CT molecular complexity index is 521. The fourth-order valence-corrected chi connectivity index (χ4v) is 2.91. The molecule has 0 aromatic heterocycles. The molecule has 0 aliphatic carbocycles. The second-order valence-electron chi connectivity index (χ2n) is 5.23. The van der Waals surface area contributed by atoms with Crippen molar-refractivity contribution in [1.82, 2.24) is 5.32 Å². The maximum Gasteiger partial charge on any atom is 0.322 e. The maximum atomic E-state index is 11.9. The third-order valence-electron chi connectivity index (χ3n) is 3.99. The Morgan fingerprint density at radius 3 is 2.05 bits per heavy atom. The van der Waals surface area contributed by atoms with Crippen molar-refractivity contribution in [3.8, 4) is 5.75 Å². The van der Waals surface area contributed by atoms with E-state index in [1.807, 2.05) is 24.3 Å². The van der Waals surface area contributed by atoms with Crippen LogP contribution in [0, 0.1) is 0 Å². The third-order valence-corrected chi connectivity index (χ3v) is 3.99. The Morgan fingerprint density at radius 1 is 1.00 bits per heavy atom. The van der Waals surface area contributed by atoms with E-state index in [1.165, 1.54) is 14.2 Å². The van der Waals surface area contributed by atoms with Crippen molar-refractivity contribution in [3.63, 3.8) is 0 Å². The van der Waals surface area contributed by atoms with Crippen molar-refractivity contribution in [1.29, 1.82) is 0 Å². The lowest BCUT2D eigenvalue weighted by atomic mass is 9.82. The fraction of sp³-hybridized carbons (Fsp3) is 0.500. The summed E-state index contributed by atoms with van der Waals surface area (Å²) >= 11 is 0. The molecule has 1 aliphatic heterocycles. The quantitative estimate of drug-likeness (QED) is 0.844. The van der Waals surface area contributed by atoms with E-state index < -0.39 is 12.1 Å². The van der Waals surface area contributed by atoms with Gasteiger partial charge in [0.2, 0.25) is 0 Å². The number of para-hydroxylation sites is 1. The zero-order chi connectivity index (χ0) is 16.1. The van der Waals surface area contributed by atoms with Crippen LogP contribution >= 0.6 is 0 Å². The smallest absolute Gasteiger partial charge is 0.322 e. The predicted octanol–water partition coefficient (Wildman–Crippen LogP) is 1.25. The molecule has 0 saturated carbocycles. The molecule has 6 nitrogen and oxygen atoms in total. The first-order valence-corrected chi connectivity index (χ1v) is 7.15. The summed E-state index contributed by atoms with van der Waals surface area (Å²) in [7, 11) is 4.28. The molecule has 2 atom stereocenters. The molecule has 1 N–H and O–H groups in total. The predicted molar refractivity (Wildman–Crippen MR) is 79.7 cm³/mol. The summed E-state index contributed by atoms with van der Waals surface area (Å²) in [6.07, 6.45) is 1.08. The summed E-state index contributed by atoms with van der Waals surface area (Å²) in [6.45, 7) is 0. The molecule has 2 rings (SSSR count). The van der Waals surface area contributed by atoms with Gasteiger partial charge < -0.3 is 14.2 Å². The van der Waals surface area contributed by atoms with Gasteiger partial charge in [0.15, 0.2) is 0 Å². The lowest BCUT2D eigenvalue weighted by Crippen LogP contribution is -2.52. The van der Waals surface area contributed by atoms with E-state index in [0.717, 1.165) is 11.3 Å². The van der Waals surface area contributed by atoms with Crippen LogP contribution in [0.4, 0.5) is 0 Å². The highest BCUT2D eigenvalue weighted by molar-refractivity contribution is 5.80. The standard InChI is InChI=1S/C16H21NO5/c1-20-14-7-5-4-6-11(14)10-8-12(15(18)21-2)17-13(9-10)16(19)22-3/h4-7,10,12-13,17H,8-9H2,1-3H3. The monoisotopic (exact) mass is 307 g/mol. The number of ether oxygens (including phenoxy) is 3. The molecule has 0 bridgehead atoms. The molecule has 1 fully saturated rings. The lowest BCUT2D eigenvalue weighted by molar-refractivity contribution is -0.148. The summed E-state index contributed by atoms with van der Waals surface area (Å²) in [5, 5.41) is 3.00. The van der Waals surface area contributed by atoms with Crippen LogP contribution in [0.1, 0.15) is 24.3 Å². The number of benzene rings is 1. The topological polar surface area (TPSA) is 73.9 Å². The lowest BCUT2D eigenvalue weighted by Gasteiger charge is -2.34. The molecule has 1 aromatic carbocycles. The van der Waals surface area contributed by atoms with Gasteiger partial charge in [-0.3, -0.25) is 14.9 Å². The highest BCUT2D eigenvalue weighted by Crippen LogP contribution is 2.36. The van der Waals surface area contributed by atoms with Crippen LogP contribution < -0.4 is 10.1 Å². The van der Waals surface area contributed by atoms with E-state index in [9.17, 15) is 9.59 Å². The first-order chi connectivity index (χ1) is 10.6. The van der Waals surface area contributed by atoms with E-state index in [0.29, 0.717) is 12.8 Å². The summed E-state index contributed by atoms with van der Waals surface area (Å²) in [5.41, 5.74) is 0.981. The van der Waals surface area contributed by atoms with Crippen LogP contribution in [0.3, 0.4) is 0 Å². The third kappa shape index (κ3) is 3.39. The van der Waals surface area contributed by atoms with Crippen molar-refractivity contribution in [2.24, 2.45) is 0 Å². The number of hydrogen-bond donors (Lipinski definition) is 1. The van der Waals surface area contributed by atoms with Gasteiger partial charge >= 0.3 is 11.9 Å². The Kier molecular flexibility index (Phi) is 5.38. The minimum atomic E-state index is -0.544. The molecular weight excluding hydrogens is 286 g/mol. The molecule has 0 amide bonds. The molecule has 1 aliphatic rings. The summed E-state index contributed by atoms with van der Waals surface area (Å²) in [6, 6.07) is 6.55. The Balaban J connectivity index is 2.29. The van der Waals surface area contributed by atoms with E-state index in [2.05, 4.69) is 5.32 Å². The molecule has 1 saturated heterocycles. The Morgan fingerprint density at radius 2 is 1.55 bits per heavy atom. The second-order valence-corrected chi connectivity index (χ2v) is 5.23. The van der Waals surface area contributed by atoms with Gasteiger partial charge in [-0.25, -0.2) is 0 Å². The Labute approximate surface area is 129 Å².